The average Bonchev–Trinajstić information content (AvgIpc) is 2.28. The summed E-state index contributed by atoms with van der Waals surface area (Å²) in [6.07, 6.45) is -5.53. The number of rotatable bonds is 5. The normalized spacial score (nSPS) is 12.2. The van der Waals surface area contributed by atoms with Gasteiger partial charge in [0.15, 0.2) is 0 Å². The molecular formula is C10H9ClF3NO4S. The first-order valence-corrected chi connectivity index (χ1v) is 7.14. The summed E-state index contributed by atoms with van der Waals surface area (Å²) in [4.78, 5) is 10.3. The van der Waals surface area contributed by atoms with Crippen LogP contribution in [0.2, 0.25) is 5.02 Å². The van der Waals surface area contributed by atoms with Crippen LogP contribution in [0.4, 0.5) is 18.9 Å². The van der Waals surface area contributed by atoms with E-state index in [1.54, 1.807) is 4.72 Å². The van der Waals surface area contributed by atoms with Crippen LogP contribution < -0.4 is 4.72 Å². The van der Waals surface area contributed by atoms with E-state index in [2.05, 4.69) is 0 Å². The summed E-state index contributed by atoms with van der Waals surface area (Å²) in [6.45, 7) is 0. The standard InChI is InChI=1S/C10H9ClF3NO4S/c11-7-3-1-2-6(10(12,13)14)9(7)15-20(18,19)5-4-8(16)17/h1-3,15H,4-5H2,(H,16,17). The summed E-state index contributed by atoms with van der Waals surface area (Å²) < 4.78 is 62.9. The number of carbonyl (C=O) groups is 1. The second-order valence-electron chi connectivity index (χ2n) is 3.72. The molecular weight excluding hydrogens is 323 g/mol. The van der Waals surface area contributed by atoms with Crippen LogP contribution in [-0.2, 0) is 21.0 Å². The van der Waals surface area contributed by atoms with Crippen LogP contribution in [0.3, 0.4) is 0 Å². The van der Waals surface area contributed by atoms with E-state index in [0.29, 0.717) is 6.07 Å². The zero-order valence-electron chi connectivity index (χ0n) is 9.74. The molecule has 0 atom stereocenters. The number of anilines is 1. The Balaban J connectivity index is 3.12. The number of para-hydroxylation sites is 1. The van der Waals surface area contributed by atoms with Gasteiger partial charge in [-0.25, -0.2) is 8.42 Å². The van der Waals surface area contributed by atoms with Gasteiger partial charge in [-0.05, 0) is 12.1 Å². The van der Waals surface area contributed by atoms with Gasteiger partial charge in [-0.15, -0.1) is 0 Å². The first-order valence-electron chi connectivity index (χ1n) is 5.11. The Morgan fingerprint density at radius 3 is 2.45 bits per heavy atom. The molecule has 0 aliphatic heterocycles. The number of carboxylic acid groups (broad SMARTS) is 1. The lowest BCUT2D eigenvalue weighted by atomic mass is 10.2. The maximum absolute atomic E-state index is 12.7. The SMILES string of the molecule is O=C(O)CCS(=O)(=O)Nc1c(Cl)cccc1C(F)(F)F. The molecule has 1 aromatic rings. The van der Waals surface area contributed by atoms with E-state index in [4.69, 9.17) is 16.7 Å². The first kappa shape index (κ1) is 16.6. The van der Waals surface area contributed by atoms with E-state index < -0.39 is 50.6 Å². The van der Waals surface area contributed by atoms with Crippen molar-refractivity contribution >= 4 is 33.3 Å². The fraction of sp³-hybridized carbons (Fsp3) is 0.300. The predicted octanol–water partition coefficient (Wildman–Crippen LogP) is 2.58. The predicted molar refractivity (Wildman–Crippen MR) is 66.1 cm³/mol. The van der Waals surface area contributed by atoms with Gasteiger partial charge < -0.3 is 5.11 Å². The molecule has 0 unspecified atom stereocenters. The maximum Gasteiger partial charge on any atom is 0.418 e. The van der Waals surface area contributed by atoms with Gasteiger partial charge in [-0.1, -0.05) is 17.7 Å². The number of hydrogen-bond donors (Lipinski definition) is 2. The van der Waals surface area contributed by atoms with E-state index in [-0.39, 0.29) is 0 Å². The molecule has 2 N–H and O–H groups in total. The highest BCUT2D eigenvalue weighted by Gasteiger charge is 2.35. The number of hydrogen-bond acceptors (Lipinski definition) is 3. The average molecular weight is 332 g/mol. The Kier molecular flexibility index (Phi) is 4.87. The summed E-state index contributed by atoms with van der Waals surface area (Å²) in [5.41, 5.74) is -2.06. The van der Waals surface area contributed by atoms with Crippen LogP contribution >= 0.6 is 11.6 Å². The molecule has 1 aromatic carbocycles. The fourth-order valence-electron chi connectivity index (χ4n) is 1.29. The minimum Gasteiger partial charge on any atom is -0.481 e. The number of nitrogens with one attached hydrogen (secondary N) is 1. The van der Waals surface area contributed by atoms with Gasteiger partial charge in [0.05, 0.1) is 28.4 Å². The van der Waals surface area contributed by atoms with Gasteiger partial charge in [0.25, 0.3) is 0 Å². The first-order chi connectivity index (χ1) is 9.03. The van der Waals surface area contributed by atoms with Gasteiger partial charge in [0.2, 0.25) is 10.0 Å². The van der Waals surface area contributed by atoms with Gasteiger partial charge >= 0.3 is 12.1 Å². The van der Waals surface area contributed by atoms with Gasteiger partial charge in [-0.3, -0.25) is 9.52 Å². The molecule has 0 aliphatic carbocycles. The molecule has 0 aromatic heterocycles. The topological polar surface area (TPSA) is 83.5 Å². The second kappa shape index (κ2) is 5.88. The van der Waals surface area contributed by atoms with Crippen molar-refractivity contribution in [2.75, 3.05) is 10.5 Å². The smallest absolute Gasteiger partial charge is 0.418 e. The number of sulfonamides is 1. The quantitative estimate of drug-likeness (QED) is 0.868. The van der Waals surface area contributed by atoms with E-state index in [0.717, 1.165) is 12.1 Å². The monoisotopic (exact) mass is 331 g/mol. The molecule has 0 aliphatic rings. The van der Waals surface area contributed by atoms with Crippen molar-refractivity contribution < 1.29 is 31.5 Å². The molecule has 20 heavy (non-hydrogen) atoms. The van der Waals surface area contributed by atoms with Crippen LogP contribution in [0.15, 0.2) is 18.2 Å². The molecule has 112 valence electrons. The number of benzene rings is 1. The second-order valence-corrected chi connectivity index (χ2v) is 5.97. The molecule has 0 fully saturated rings. The number of carboxylic acids is 1. The Morgan fingerprint density at radius 1 is 1.35 bits per heavy atom. The third kappa shape index (κ3) is 4.57. The summed E-state index contributed by atoms with van der Waals surface area (Å²) >= 11 is 5.56. The Hall–Kier alpha value is -1.48. The molecule has 0 bridgehead atoms. The molecule has 0 saturated heterocycles. The zero-order chi connectivity index (χ0) is 15.6. The number of aliphatic carboxylic acids is 1. The Bertz CT molecular complexity index is 615. The van der Waals surface area contributed by atoms with Crippen molar-refractivity contribution in [1.82, 2.24) is 0 Å². The van der Waals surface area contributed by atoms with Crippen molar-refractivity contribution in [3.8, 4) is 0 Å². The van der Waals surface area contributed by atoms with Crippen molar-refractivity contribution in [3.63, 3.8) is 0 Å². The van der Waals surface area contributed by atoms with Crippen molar-refractivity contribution in [2.45, 2.75) is 12.6 Å². The number of halogens is 4. The highest BCUT2D eigenvalue weighted by Crippen LogP contribution is 2.38. The van der Waals surface area contributed by atoms with Gasteiger partial charge in [-0.2, -0.15) is 13.2 Å². The third-order valence-corrected chi connectivity index (χ3v) is 3.73. The molecule has 5 nitrogen and oxygen atoms in total. The van der Waals surface area contributed by atoms with Crippen molar-refractivity contribution in [1.29, 1.82) is 0 Å². The Labute approximate surface area is 117 Å². The summed E-state index contributed by atoms with van der Waals surface area (Å²) in [5.74, 6) is -2.24. The fourth-order valence-corrected chi connectivity index (χ4v) is 2.65. The van der Waals surface area contributed by atoms with E-state index >= 15 is 0 Å². The lowest BCUT2D eigenvalue weighted by Gasteiger charge is -2.15. The molecule has 0 heterocycles. The lowest BCUT2D eigenvalue weighted by molar-refractivity contribution is -0.137. The molecule has 0 saturated carbocycles. The molecule has 0 amide bonds. The van der Waals surface area contributed by atoms with Crippen molar-refractivity contribution in [2.24, 2.45) is 0 Å². The lowest BCUT2D eigenvalue weighted by Crippen LogP contribution is -2.21. The molecule has 0 spiro atoms. The third-order valence-electron chi connectivity index (χ3n) is 2.16. The zero-order valence-corrected chi connectivity index (χ0v) is 11.3. The van der Waals surface area contributed by atoms with Crippen LogP contribution in [0.1, 0.15) is 12.0 Å². The van der Waals surface area contributed by atoms with Crippen LogP contribution in [0.25, 0.3) is 0 Å². The van der Waals surface area contributed by atoms with E-state index in [1.807, 2.05) is 0 Å². The van der Waals surface area contributed by atoms with Gasteiger partial charge in [0.1, 0.15) is 0 Å². The molecule has 0 radical (unpaired) electrons. The summed E-state index contributed by atoms with van der Waals surface area (Å²) in [7, 11) is -4.25. The Morgan fingerprint density at radius 2 is 1.95 bits per heavy atom. The van der Waals surface area contributed by atoms with E-state index in [1.165, 1.54) is 0 Å². The maximum atomic E-state index is 12.7. The van der Waals surface area contributed by atoms with Gasteiger partial charge in [0, 0.05) is 0 Å². The van der Waals surface area contributed by atoms with E-state index in [9.17, 15) is 26.4 Å². The minimum absolute atomic E-state index is 0.432. The molecule has 1 rings (SSSR count). The minimum atomic E-state index is -4.80. The number of alkyl halides is 3. The van der Waals surface area contributed by atoms with Crippen LogP contribution in [0, 0.1) is 0 Å². The van der Waals surface area contributed by atoms with Crippen LogP contribution in [0.5, 0.6) is 0 Å². The summed E-state index contributed by atoms with van der Waals surface area (Å²) in [5, 5.41) is 7.95. The largest absolute Gasteiger partial charge is 0.481 e. The van der Waals surface area contributed by atoms with Crippen molar-refractivity contribution in [3.05, 3.63) is 28.8 Å². The van der Waals surface area contributed by atoms with Crippen LogP contribution in [-0.4, -0.2) is 25.2 Å². The highest BCUT2D eigenvalue weighted by atomic mass is 35.5. The summed E-state index contributed by atoms with van der Waals surface area (Å²) in [6, 6.07) is 2.78. The highest BCUT2D eigenvalue weighted by molar-refractivity contribution is 7.92. The molecule has 10 heteroatoms.